The van der Waals surface area contributed by atoms with E-state index < -0.39 is 0 Å². The summed E-state index contributed by atoms with van der Waals surface area (Å²) in [6.45, 7) is 2.97. The predicted octanol–water partition coefficient (Wildman–Crippen LogP) is 2.46. The molecule has 0 unspecified atom stereocenters. The predicted molar refractivity (Wildman–Crippen MR) is 90.2 cm³/mol. The summed E-state index contributed by atoms with van der Waals surface area (Å²) in [5.74, 6) is -0.227. The summed E-state index contributed by atoms with van der Waals surface area (Å²) in [4.78, 5) is 28.2. The zero-order chi connectivity index (χ0) is 15.8. The molecule has 0 aliphatic rings. The number of aryl methyl sites for hydroxylation is 1. The van der Waals surface area contributed by atoms with Crippen LogP contribution in [0.2, 0.25) is 0 Å². The smallest absolute Gasteiger partial charge is 0.261 e. The molecule has 0 bridgehead atoms. The third-order valence-electron chi connectivity index (χ3n) is 2.73. The summed E-state index contributed by atoms with van der Waals surface area (Å²) in [5.41, 5.74) is 0.792. The molecule has 0 spiro atoms. The van der Waals surface area contributed by atoms with Crippen LogP contribution in [0.5, 0.6) is 0 Å². The maximum Gasteiger partial charge on any atom is 0.261 e. The zero-order valence-electron chi connectivity index (χ0n) is 12.2. The lowest BCUT2D eigenvalue weighted by molar-refractivity contribution is -0.116. The molecule has 0 saturated carbocycles. The van der Waals surface area contributed by atoms with Crippen molar-refractivity contribution in [3.05, 3.63) is 44.5 Å². The molecule has 2 N–H and O–H groups in total. The Labute approximate surface area is 137 Å². The van der Waals surface area contributed by atoms with E-state index in [0.29, 0.717) is 24.4 Å². The van der Waals surface area contributed by atoms with Crippen LogP contribution >= 0.6 is 22.7 Å². The van der Waals surface area contributed by atoms with Gasteiger partial charge >= 0.3 is 0 Å². The first-order chi connectivity index (χ1) is 10.6. The number of aromatic nitrogens is 1. The number of amides is 2. The highest BCUT2D eigenvalue weighted by Gasteiger charge is 2.04. The standard InChI is InChI=1S/C15H17N3O2S2/c1-11-18-12(10-22-11)5-6-14(19)16-7-3-8-17-15(20)13-4-2-9-21-13/h2,4-6,9-10H,3,7-8H2,1H3,(H,16,19)(H,17,20)/b6-5-. The van der Waals surface area contributed by atoms with Crippen molar-refractivity contribution in [2.45, 2.75) is 13.3 Å². The SMILES string of the molecule is Cc1nc(/C=C\C(=O)NCCCNC(=O)c2cccs2)cs1. The minimum Gasteiger partial charge on any atom is -0.352 e. The first-order valence-corrected chi connectivity index (χ1v) is 8.61. The number of hydrogen-bond donors (Lipinski definition) is 2. The van der Waals surface area contributed by atoms with Crippen LogP contribution in [0.25, 0.3) is 6.08 Å². The molecule has 2 rings (SSSR count). The zero-order valence-corrected chi connectivity index (χ0v) is 13.8. The molecule has 2 amide bonds. The number of carbonyl (C=O) groups excluding carboxylic acids is 2. The maximum absolute atomic E-state index is 11.7. The van der Waals surface area contributed by atoms with Crippen LogP contribution in [-0.4, -0.2) is 29.9 Å². The molecule has 0 aliphatic heterocycles. The molecule has 0 radical (unpaired) electrons. The van der Waals surface area contributed by atoms with Crippen molar-refractivity contribution in [2.75, 3.05) is 13.1 Å². The Morgan fingerprint density at radius 1 is 1.27 bits per heavy atom. The summed E-state index contributed by atoms with van der Waals surface area (Å²) in [6.07, 6.45) is 3.85. The summed E-state index contributed by atoms with van der Waals surface area (Å²) in [7, 11) is 0. The van der Waals surface area contributed by atoms with Crippen molar-refractivity contribution >= 4 is 40.6 Å². The third-order valence-corrected chi connectivity index (χ3v) is 4.39. The van der Waals surface area contributed by atoms with Gasteiger partial charge in [-0.2, -0.15) is 0 Å². The molecule has 0 aromatic carbocycles. The molecule has 5 nitrogen and oxygen atoms in total. The molecule has 7 heteroatoms. The second-order valence-corrected chi connectivity index (χ2v) is 6.51. The lowest BCUT2D eigenvalue weighted by Gasteiger charge is -2.04. The Balaban J connectivity index is 1.59. The normalized spacial score (nSPS) is 10.8. The molecule has 0 aliphatic carbocycles. The number of carbonyl (C=O) groups is 2. The van der Waals surface area contributed by atoms with E-state index in [0.717, 1.165) is 10.7 Å². The molecule has 22 heavy (non-hydrogen) atoms. The van der Waals surface area contributed by atoms with E-state index in [1.165, 1.54) is 17.4 Å². The topological polar surface area (TPSA) is 71.1 Å². The van der Waals surface area contributed by atoms with E-state index >= 15 is 0 Å². The molecule has 116 valence electrons. The van der Waals surface area contributed by atoms with Crippen molar-refractivity contribution < 1.29 is 9.59 Å². The second-order valence-electron chi connectivity index (χ2n) is 4.50. The summed E-state index contributed by atoms with van der Waals surface area (Å²) in [6, 6.07) is 3.63. The quantitative estimate of drug-likeness (QED) is 0.603. The van der Waals surface area contributed by atoms with Gasteiger partial charge in [-0.1, -0.05) is 6.07 Å². The van der Waals surface area contributed by atoms with Gasteiger partial charge in [0.15, 0.2) is 0 Å². The van der Waals surface area contributed by atoms with Crippen molar-refractivity contribution in [3.63, 3.8) is 0 Å². The Morgan fingerprint density at radius 3 is 2.77 bits per heavy atom. The van der Waals surface area contributed by atoms with Crippen LogP contribution in [0, 0.1) is 6.92 Å². The van der Waals surface area contributed by atoms with Gasteiger partial charge in [-0.25, -0.2) is 4.98 Å². The minimum atomic E-state index is -0.157. The van der Waals surface area contributed by atoms with Crippen LogP contribution in [0.1, 0.15) is 26.8 Å². The van der Waals surface area contributed by atoms with Crippen molar-refractivity contribution in [1.29, 1.82) is 0 Å². The molecule has 0 saturated heterocycles. The van der Waals surface area contributed by atoms with Crippen LogP contribution < -0.4 is 10.6 Å². The van der Waals surface area contributed by atoms with Gasteiger partial charge in [-0.05, 0) is 30.9 Å². The number of hydrogen-bond acceptors (Lipinski definition) is 5. The average Bonchev–Trinajstić information content (AvgIpc) is 3.16. The summed E-state index contributed by atoms with van der Waals surface area (Å²) < 4.78 is 0. The largest absolute Gasteiger partial charge is 0.352 e. The summed E-state index contributed by atoms with van der Waals surface area (Å²) >= 11 is 2.96. The number of nitrogens with one attached hydrogen (secondary N) is 2. The molecule has 2 heterocycles. The fourth-order valence-corrected chi connectivity index (χ4v) is 2.89. The maximum atomic E-state index is 11.7. The molecule has 0 fully saturated rings. The average molecular weight is 335 g/mol. The molecule has 0 atom stereocenters. The van der Waals surface area contributed by atoms with Crippen molar-refractivity contribution in [2.24, 2.45) is 0 Å². The lowest BCUT2D eigenvalue weighted by Crippen LogP contribution is -2.28. The van der Waals surface area contributed by atoms with Crippen molar-refractivity contribution in [3.8, 4) is 0 Å². The van der Waals surface area contributed by atoms with Crippen LogP contribution in [0.3, 0.4) is 0 Å². The molecular formula is C15H17N3O2S2. The van der Waals surface area contributed by atoms with Gasteiger partial charge in [-0.15, -0.1) is 22.7 Å². The third kappa shape index (κ3) is 5.42. The highest BCUT2D eigenvalue weighted by atomic mass is 32.1. The summed E-state index contributed by atoms with van der Waals surface area (Å²) in [5, 5.41) is 10.3. The number of thiophene rings is 1. The number of nitrogens with zero attached hydrogens (tertiary/aromatic N) is 1. The van der Waals surface area contributed by atoms with E-state index in [4.69, 9.17) is 0 Å². The fraction of sp³-hybridized carbons (Fsp3) is 0.267. The van der Waals surface area contributed by atoms with Gasteiger partial charge in [0.1, 0.15) is 0 Å². The van der Waals surface area contributed by atoms with Crippen molar-refractivity contribution in [1.82, 2.24) is 15.6 Å². The van der Waals surface area contributed by atoms with Gasteiger partial charge in [0.05, 0.1) is 15.6 Å². The van der Waals surface area contributed by atoms with E-state index in [9.17, 15) is 9.59 Å². The Morgan fingerprint density at radius 2 is 2.09 bits per heavy atom. The Hall–Kier alpha value is -1.99. The highest BCUT2D eigenvalue weighted by Crippen LogP contribution is 2.09. The van der Waals surface area contributed by atoms with E-state index in [1.54, 1.807) is 23.5 Å². The first-order valence-electron chi connectivity index (χ1n) is 6.85. The second kappa shape index (κ2) is 8.45. The van der Waals surface area contributed by atoms with Gasteiger partial charge in [0, 0.05) is 24.5 Å². The molecule has 2 aromatic heterocycles. The van der Waals surface area contributed by atoms with Crippen LogP contribution in [0.15, 0.2) is 29.0 Å². The van der Waals surface area contributed by atoms with Crippen LogP contribution in [0.4, 0.5) is 0 Å². The van der Waals surface area contributed by atoms with E-state index in [1.807, 2.05) is 23.8 Å². The Bertz CT molecular complexity index is 648. The molecule has 2 aromatic rings. The van der Waals surface area contributed by atoms with E-state index in [2.05, 4.69) is 15.6 Å². The fourth-order valence-electron chi connectivity index (χ4n) is 1.67. The lowest BCUT2D eigenvalue weighted by atomic mass is 10.3. The Kier molecular flexibility index (Phi) is 6.29. The van der Waals surface area contributed by atoms with Crippen LogP contribution in [-0.2, 0) is 4.79 Å². The van der Waals surface area contributed by atoms with E-state index in [-0.39, 0.29) is 11.8 Å². The highest BCUT2D eigenvalue weighted by molar-refractivity contribution is 7.12. The molecular weight excluding hydrogens is 318 g/mol. The van der Waals surface area contributed by atoms with Gasteiger partial charge < -0.3 is 10.6 Å². The van der Waals surface area contributed by atoms with Gasteiger partial charge in [0.2, 0.25) is 5.91 Å². The minimum absolute atomic E-state index is 0.0693. The monoisotopic (exact) mass is 335 g/mol. The number of rotatable bonds is 7. The van der Waals surface area contributed by atoms with Gasteiger partial charge in [0.25, 0.3) is 5.91 Å². The first kappa shape index (κ1) is 16.4. The van der Waals surface area contributed by atoms with Gasteiger partial charge in [-0.3, -0.25) is 9.59 Å². The number of thiazole rings is 1.